The summed E-state index contributed by atoms with van der Waals surface area (Å²) in [5.41, 5.74) is 1.54. The van der Waals surface area contributed by atoms with Gasteiger partial charge in [0, 0.05) is 37.5 Å². The molecule has 1 fully saturated rings. The average Bonchev–Trinajstić information content (AvgIpc) is 2.73. The van der Waals surface area contributed by atoms with E-state index in [4.69, 9.17) is 14.5 Å². The van der Waals surface area contributed by atoms with Crippen molar-refractivity contribution in [2.45, 2.75) is 52.4 Å². The van der Waals surface area contributed by atoms with Crippen LogP contribution in [0.25, 0.3) is 11.4 Å². The fourth-order valence-electron chi connectivity index (χ4n) is 3.36. The predicted molar refractivity (Wildman–Crippen MR) is 118 cm³/mol. The number of aromatic nitrogens is 2. The van der Waals surface area contributed by atoms with E-state index in [2.05, 4.69) is 34.4 Å². The molecule has 1 aliphatic heterocycles. The minimum absolute atomic E-state index is 0.00624. The Kier molecular flexibility index (Phi) is 7.10. The summed E-state index contributed by atoms with van der Waals surface area (Å²) < 4.78 is 11.9. The number of rotatable bonds is 6. The molecule has 0 spiro atoms. The van der Waals surface area contributed by atoms with Crippen molar-refractivity contribution in [2.24, 2.45) is 0 Å². The topological polar surface area (TPSA) is 88.6 Å². The van der Waals surface area contributed by atoms with E-state index >= 15 is 0 Å². The molecule has 162 valence electrons. The first-order valence-electron chi connectivity index (χ1n) is 10.4. The molecule has 2 unspecified atom stereocenters. The number of benzene rings is 1. The molecule has 0 radical (unpaired) electrons. The van der Waals surface area contributed by atoms with Gasteiger partial charge < -0.3 is 25.0 Å². The molecule has 3 rings (SSSR count). The molecule has 2 heterocycles. The minimum Gasteiger partial charge on any atom is -0.475 e. The van der Waals surface area contributed by atoms with E-state index < -0.39 is 0 Å². The smallest absolute Gasteiger partial charge is 0.318 e. The third-order valence-corrected chi connectivity index (χ3v) is 4.78. The van der Waals surface area contributed by atoms with Gasteiger partial charge in [-0.2, -0.15) is 4.98 Å². The molecule has 8 nitrogen and oxygen atoms in total. The zero-order valence-corrected chi connectivity index (χ0v) is 18.3. The van der Waals surface area contributed by atoms with Crippen molar-refractivity contribution in [1.82, 2.24) is 15.3 Å². The first kappa shape index (κ1) is 21.8. The quantitative estimate of drug-likeness (QED) is 0.751. The molecule has 2 aromatic rings. The number of morpholine rings is 1. The highest BCUT2D eigenvalue weighted by atomic mass is 16.5. The number of hydrogen-bond donors (Lipinski definition) is 2. The van der Waals surface area contributed by atoms with Crippen molar-refractivity contribution in [3.8, 4) is 17.3 Å². The van der Waals surface area contributed by atoms with Crippen LogP contribution in [0.4, 0.5) is 16.3 Å². The lowest BCUT2D eigenvalue weighted by molar-refractivity contribution is -0.0174. The minimum atomic E-state index is -0.263. The molecule has 0 bridgehead atoms. The average molecular weight is 414 g/mol. The molecule has 1 aromatic heterocycles. The van der Waals surface area contributed by atoms with Crippen LogP contribution in [0.5, 0.6) is 5.88 Å². The van der Waals surface area contributed by atoms with E-state index in [0.29, 0.717) is 17.4 Å². The maximum Gasteiger partial charge on any atom is 0.318 e. The molecule has 2 atom stereocenters. The van der Waals surface area contributed by atoms with Gasteiger partial charge in [0.1, 0.15) is 5.82 Å². The number of carbonyl (C=O) groups is 1. The molecule has 1 aliphatic rings. The second-order valence-electron chi connectivity index (χ2n) is 7.72. The summed E-state index contributed by atoms with van der Waals surface area (Å²) >= 11 is 0. The van der Waals surface area contributed by atoms with E-state index in [1.165, 1.54) is 0 Å². The van der Waals surface area contributed by atoms with Crippen LogP contribution in [0, 0.1) is 0 Å². The lowest BCUT2D eigenvalue weighted by Gasteiger charge is -2.37. The molecule has 0 saturated carbocycles. The molecule has 2 amide bonds. The van der Waals surface area contributed by atoms with E-state index in [1.54, 1.807) is 7.05 Å². The van der Waals surface area contributed by atoms with E-state index in [-0.39, 0.29) is 24.3 Å². The zero-order chi connectivity index (χ0) is 21.7. The van der Waals surface area contributed by atoms with Crippen molar-refractivity contribution in [3.63, 3.8) is 0 Å². The van der Waals surface area contributed by atoms with Gasteiger partial charge in [0.05, 0.1) is 18.3 Å². The second-order valence-corrected chi connectivity index (χ2v) is 7.72. The normalized spacial score (nSPS) is 18.9. The van der Waals surface area contributed by atoms with Crippen LogP contribution in [0.1, 0.15) is 34.1 Å². The Morgan fingerprint density at radius 3 is 2.63 bits per heavy atom. The number of ether oxygens (including phenoxy) is 2. The molecule has 1 saturated heterocycles. The van der Waals surface area contributed by atoms with Crippen molar-refractivity contribution >= 4 is 17.5 Å². The molecule has 0 aliphatic carbocycles. The van der Waals surface area contributed by atoms with Gasteiger partial charge in [-0.15, -0.1) is 0 Å². The summed E-state index contributed by atoms with van der Waals surface area (Å²) in [5.74, 6) is 1.96. The Bertz CT molecular complexity index is 856. The van der Waals surface area contributed by atoms with E-state index in [9.17, 15) is 4.79 Å². The molecular weight excluding hydrogens is 382 g/mol. The Morgan fingerprint density at radius 2 is 2.00 bits per heavy atom. The summed E-state index contributed by atoms with van der Waals surface area (Å²) in [5, 5.41) is 5.28. The van der Waals surface area contributed by atoms with Gasteiger partial charge in [0.2, 0.25) is 5.88 Å². The van der Waals surface area contributed by atoms with E-state index in [0.717, 1.165) is 30.9 Å². The third kappa shape index (κ3) is 5.60. The summed E-state index contributed by atoms with van der Waals surface area (Å²) in [4.78, 5) is 23.2. The van der Waals surface area contributed by atoms with Gasteiger partial charge in [0.15, 0.2) is 5.82 Å². The molecule has 30 heavy (non-hydrogen) atoms. The van der Waals surface area contributed by atoms with Gasteiger partial charge in [-0.3, -0.25) is 0 Å². The van der Waals surface area contributed by atoms with Crippen LogP contribution < -0.4 is 20.3 Å². The standard InChI is InChI=1S/C22H31N5O3/c1-6-18-13-27(12-15(4)30-18)19-11-20(29-14(2)3)26-21(25-19)16-7-9-17(10-8-16)24-22(28)23-5/h7-11,14-15,18H,6,12-13H2,1-5H3,(H2,23,24,28). The number of amides is 2. The van der Waals surface area contributed by atoms with Crippen LogP contribution in [0.15, 0.2) is 30.3 Å². The summed E-state index contributed by atoms with van der Waals surface area (Å²) in [6.45, 7) is 9.72. The predicted octanol–water partition coefficient (Wildman–Crippen LogP) is 3.69. The lowest BCUT2D eigenvalue weighted by Crippen LogP contribution is -2.46. The number of carbonyl (C=O) groups excluding carboxylic acids is 1. The van der Waals surface area contributed by atoms with Crippen molar-refractivity contribution in [3.05, 3.63) is 30.3 Å². The highest BCUT2D eigenvalue weighted by Gasteiger charge is 2.26. The molecule has 8 heteroatoms. The molecular formula is C22H31N5O3. The van der Waals surface area contributed by atoms with Crippen molar-refractivity contribution in [1.29, 1.82) is 0 Å². The maximum atomic E-state index is 11.5. The SMILES string of the molecule is CCC1CN(c2cc(OC(C)C)nc(-c3ccc(NC(=O)NC)cc3)n2)CC(C)O1. The number of hydrogen-bond acceptors (Lipinski definition) is 6. The third-order valence-electron chi connectivity index (χ3n) is 4.78. The first-order valence-corrected chi connectivity index (χ1v) is 10.4. The maximum absolute atomic E-state index is 11.5. The van der Waals surface area contributed by atoms with Gasteiger partial charge in [-0.1, -0.05) is 6.92 Å². The number of anilines is 2. The Balaban J connectivity index is 1.92. The molecule has 1 aromatic carbocycles. The number of urea groups is 1. The zero-order valence-electron chi connectivity index (χ0n) is 18.3. The van der Waals surface area contributed by atoms with Crippen LogP contribution in [0.3, 0.4) is 0 Å². The van der Waals surface area contributed by atoms with Crippen LogP contribution in [0.2, 0.25) is 0 Å². The lowest BCUT2D eigenvalue weighted by atomic mass is 10.1. The van der Waals surface area contributed by atoms with E-state index in [1.807, 2.05) is 44.2 Å². The van der Waals surface area contributed by atoms with Gasteiger partial charge in [0.25, 0.3) is 0 Å². The summed E-state index contributed by atoms with van der Waals surface area (Å²) in [6, 6.07) is 9.07. The van der Waals surface area contributed by atoms with Crippen LogP contribution >= 0.6 is 0 Å². The molecule has 2 N–H and O–H groups in total. The Hall–Kier alpha value is -2.87. The first-order chi connectivity index (χ1) is 14.4. The van der Waals surface area contributed by atoms with Crippen LogP contribution in [-0.4, -0.2) is 54.4 Å². The van der Waals surface area contributed by atoms with Gasteiger partial charge in [-0.05, 0) is 51.5 Å². The fourth-order valence-corrected chi connectivity index (χ4v) is 3.36. The number of nitrogens with one attached hydrogen (secondary N) is 2. The fraction of sp³-hybridized carbons (Fsp3) is 0.500. The Morgan fingerprint density at radius 1 is 1.27 bits per heavy atom. The second kappa shape index (κ2) is 9.75. The summed E-state index contributed by atoms with van der Waals surface area (Å²) in [7, 11) is 1.58. The summed E-state index contributed by atoms with van der Waals surface area (Å²) in [6.07, 6.45) is 1.27. The van der Waals surface area contributed by atoms with Gasteiger partial charge >= 0.3 is 6.03 Å². The van der Waals surface area contributed by atoms with Crippen molar-refractivity contribution < 1.29 is 14.3 Å². The largest absolute Gasteiger partial charge is 0.475 e. The highest BCUT2D eigenvalue weighted by molar-refractivity contribution is 5.89. The Labute approximate surface area is 178 Å². The highest BCUT2D eigenvalue weighted by Crippen LogP contribution is 2.27. The van der Waals surface area contributed by atoms with Crippen molar-refractivity contribution in [2.75, 3.05) is 30.4 Å². The van der Waals surface area contributed by atoms with Gasteiger partial charge in [-0.25, -0.2) is 9.78 Å². The van der Waals surface area contributed by atoms with Crippen LogP contribution in [-0.2, 0) is 4.74 Å². The number of nitrogens with zero attached hydrogens (tertiary/aromatic N) is 3. The monoisotopic (exact) mass is 413 g/mol.